The van der Waals surface area contributed by atoms with Crippen LogP contribution in [0, 0.1) is 0 Å². The number of hydrogen-bond donors (Lipinski definition) is 1. The fraction of sp³-hybridized carbons (Fsp3) is 1.00. The Kier molecular flexibility index (Phi) is 5.76. The van der Waals surface area contributed by atoms with Gasteiger partial charge in [-0.15, -0.1) is 0 Å². The van der Waals surface area contributed by atoms with E-state index in [-0.39, 0.29) is 21.1 Å². The molecule has 9 heavy (non-hydrogen) atoms. The molecule has 1 fully saturated rings. The number of nitrogens with two attached hydrogens (primary N) is 1. The summed E-state index contributed by atoms with van der Waals surface area (Å²) in [4.78, 5) is 0. The normalized spacial score (nSPS) is 21.0. The first kappa shape index (κ1) is 9.61. The summed E-state index contributed by atoms with van der Waals surface area (Å²) >= 11 is 0. The molecule has 0 amide bonds. The molecule has 0 aromatic rings. The maximum atomic E-state index is 5.13. The molecule has 2 N–H and O–H groups in total. The Balaban J connectivity index is 0.000000640. The second kappa shape index (κ2) is 5.40. The van der Waals surface area contributed by atoms with Gasteiger partial charge in [-0.3, -0.25) is 5.84 Å². The Labute approximate surface area is 70.8 Å². The summed E-state index contributed by atoms with van der Waals surface area (Å²) in [7, 11) is 0. The second-order valence-corrected chi connectivity index (χ2v) is 2.44. The molecule has 1 aliphatic carbocycles. The summed E-state index contributed by atoms with van der Waals surface area (Å²) in [6.45, 7) is 0. The molecule has 0 unspecified atom stereocenters. The van der Waals surface area contributed by atoms with Crippen LogP contribution in [-0.4, -0.2) is 6.04 Å². The Morgan fingerprint density at radius 3 is 2.00 bits per heavy atom. The van der Waals surface area contributed by atoms with Crippen molar-refractivity contribution in [2.24, 2.45) is 5.84 Å². The minimum atomic E-state index is 0. The molecule has 0 aliphatic heterocycles. The topological polar surface area (TPSA) is 40.1 Å². The fourth-order valence-electron chi connectivity index (χ4n) is 1.23. The van der Waals surface area contributed by atoms with Gasteiger partial charge in [0, 0.05) is 27.1 Å². The van der Waals surface area contributed by atoms with Gasteiger partial charge in [-0.25, -0.2) is 0 Å². The molecule has 1 rings (SSSR count). The van der Waals surface area contributed by atoms with Crippen LogP contribution in [0.3, 0.4) is 0 Å². The average Bonchev–Trinajstić information content (AvgIpc) is 1.90. The average molecular weight is 308 g/mol. The van der Waals surface area contributed by atoms with Gasteiger partial charge in [0.15, 0.2) is 0 Å². The number of nitrogens with zero attached hydrogens (tertiary/aromatic N) is 1. The predicted molar refractivity (Wildman–Crippen MR) is 33.2 cm³/mol. The molecule has 3 heteroatoms. The van der Waals surface area contributed by atoms with Crippen molar-refractivity contribution in [1.82, 2.24) is 5.43 Å². The quantitative estimate of drug-likeness (QED) is 0.565. The maximum absolute atomic E-state index is 5.13. The number of rotatable bonds is 1. The zero-order valence-electron chi connectivity index (χ0n) is 5.45. The molecule has 0 spiro atoms. The van der Waals surface area contributed by atoms with E-state index in [2.05, 4.69) is 5.43 Å². The summed E-state index contributed by atoms with van der Waals surface area (Å²) in [6.07, 6.45) is 6.47. The molecule has 0 heterocycles. The van der Waals surface area contributed by atoms with Crippen molar-refractivity contribution in [3.05, 3.63) is 0 Å². The number of hydrogen-bond acceptors (Lipinski definition) is 1. The van der Waals surface area contributed by atoms with Crippen LogP contribution >= 0.6 is 0 Å². The van der Waals surface area contributed by atoms with Crippen molar-refractivity contribution < 1.29 is 21.1 Å². The Hall–Kier alpha value is 0.608. The predicted octanol–water partition coefficient (Wildman–Crippen LogP) is 0.795. The molecule has 0 aromatic heterocycles. The van der Waals surface area contributed by atoms with E-state index in [1.165, 1.54) is 32.1 Å². The summed E-state index contributed by atoms with van der Waals surface area (Å²) < 4.78 is 0. The van der Waals surface area contributed by atoms with Crippen molar-refractivity contribution >= 4 is 0 Å². The van der Waals surface area contributed by atoms with Crippen molar-refractivity contribution in [2.75, 3.05) is 0 Å². The zero-order valence-corrected chi connectivity index (χ0v) is 7.73. The molecule has 1 radical (unpaired) electrons. The minimum Gasteiger partial charge on any atom is -0.253 e. The van der Waals surface area contributed by atoms with E-state index < -0.39 is 0 Å². The zero-order chi connectivity index (χ0) is 5.82. The van der Waals surface area contributed by atoms with Gasteiger partial charge in [-0.05, 0) is 12.8 Å². The molecule has 1 saturated carbocycles. The maximum Gasteiger partial charge on any atom is 0.0413 e. The van der Waals surface area contributed by atoms with Crippen LogP contribution in [-0.2, 0) is 21.1 Å². The van der Waals surface area contributed by atoms with Crippen LogP contribution in [0.25, 0.3) is 0 Å². The Morgan fingerprint density at radius 1 is 1.11 bits per heavy atom. The molecule has 0 aromatic carbocycles. The first-order valence-electron chi connectivity index (χ1n) is 3.33. The van der Waals surface area contributed by atoms with E-state index in [4.69, 9.17) is 5.84 Å². The molecule has 1 aliphatic rings. The van der Waals surface area contributed by atoms with Crippen LogP contribution in [0.1, 0.15) is 32.1 Å². The molecule has 2 nitrogen and oxygen atoms in total. The second-order valence-electron chi connectivity index (χ2n) is 2.44. The summed E-state index contributed by atoms with van der Waals surface area (Å²) in [5.74, 6) is 5.13. The van der Waals surface area contributed by atoms with E-state index >= 15 is 0 Å². The van der Waals surface area contributed by atoms with E-state index in [9.17, 15) is 0 Å². The van der Waals surface area contributed by atoms with Crippen molar-refractivity contribution in [3.63, 3.8) is 0 Å². The van der Waals surface area contributed by atoms with Crippen molar-refractivity contribution in [3.8, 4) is 0 Å². The summed E-state index contributed by atoms with van der Waals surface area (Å²) in [5, 5.41) is 0. The molecule has 0 atom stereocenters. The van der Waals surface area contributed by atoms with Crippen LogP contribution in [0.4, 0.5) is 0 Å². The van der Waals surface area contributed by atoms with Crippen molar-refractivity contribution in [1.29, 1.82) is 0 Å². The third kappa shape index (κ3) is 3.34. The van der Waals surface area contributed by atoms with Crippen LogP contribution in [0.2, 0.25) is 0 Å². The van der Waals surface area contributed by atoms with Gasteiger partial charge in [0.25, 0.3) is 0 Å². The van der Waals surface area contributed by atoms with Gasteiger partial charge in [-0.2, -0.15) is 5.43 Å². The van der Waals surface area contributed by atoms with E-state index in [0.29, 0.717) is 6.04 Å². The van der Waals surface area contributed by atoms with Crippen molar-refractivity contribution in [2.45, 2.75) is 38.1 Å². The van der Waals surface area contributed by atoms with Gasteiger partial charge in [0.1, 0.15) is 0 Å². The SMILES string of the molecule is N[N]C1CCCCC1.[Pt]. The van der Waals surface area contributed by atoms with Crippen LogP contribution < -0.4 is 11.3 Å². The largest absolute Gasteiger partial charge is 0.253 e. The van der Waals surface area contributed by atoms with E-state index in [0.717, 1.165) is 0 Å². The standard InChI is InChI=1S/C6H13N2.Pt/c7-8-6-4-2-1-3-5-6;/h6H,1-5,7H2;. The third-order valence-electron chi connectivity index (χ3n) is 1.79. The van der Waals surface area contributed by atoms with E-state index in [1.54, 1.807) is 0 Å². The molecule has 0 saturated heterocycles. The van der Waals surface area contributed by atoms with Crippen LogP contribution in [0.5, 0.6) is 0 Å². The van der Waals surface area contributed by atoms with Gasteiger partial charge >= 0.3 is 0 Å². The third-order valence-corrected chi connectivity index (χ3v) is 1.79. The minimum absolute atomic E-state index is 0. The van der Waals surface area contributed by atoms with E-state index in [1.807, 2.05) is 0 Å². The van der Waals surface area contributed by atoms with Gasteiger partial charge in [0.2, 0.25) is 0 Å². The monoisotopic (exact) mass is 308 g/mol. The molecule has 57 valence electrons. The van der Waals surface area contributed by atoms with Crippen LogP contribution in [0.15, 0.2) is 0 Å². The fourth-order valence-corrected chi connectivity index (χ4v) is 1.23. The molecular weight excluding hydrogens is 295 g/mol. The Morgan fingerprint density at radius 2 is 1.67 bits per heavy atom. The van der Waals surface area contributed by atoms with Gasteiger partial charge in [0.05, 0.1) is 0 Å². The van der Waals surface area contributed by atoms with Gasteiger partial charge in [-0.1, -0.05) is 19.3 Å². The van der Waals surface area contributed by atoms with Gasteiger partial charge < -0.3 is 0 Å². The first-order chi connectivity index (χ1) is 3.93. The molecular formula is C6H13N2Pt. The smallest absolute Gasteiger partial charge is 0.0413 e. The summed E-state index contributed by atoms with van der Waals surface area (Å²) in [6, 6.07) is 0.490. The summed E-state index contributed by atoms with van der Waals surface area (Å²) in [5.41, 5.74) is 3.75. The Bertz CT molecular complexity index is 62.1. The first-order valence-corrected chi connectivity index (χ1v) is 3.33. The molecule has 0 bridgehead atoms.